The Morgan fingerprint density at radius 3 is 2.77 bits per heavy atom. The SMILES string of the molecule is CC1CCc2c(sc(NC(=O)COC(=O)c3n[nH]c(=O)c4ccccc34)c2C(N)=O)C1. The summed E-state index contributed by atoms with van der Waals surface area (Å²) in [7, 11) is 0. The zero-order valence-electron chi connectivity index (χ0n) is 16.7. The molecule has 2 aromatic heterocycles. The van der Waals surface area contributed by atoms with Gasteiger partial charge in [-0.1, -0.05) is 25.1 Å². The van der Waals surface area contributed by atoms with Crippen LogP contribution in [0.2, 0.25) is 0 Å². The van der Waals surface area contributed by atoms with Gasteiger partial charge in [0.1, 0.15) is 5.00 Å². The average Bonchev–Trinajstić information content (AvgIpc) is 3.09. The number of benzene rings is 1. The second-order valence-corrected chi connectivity index (χ2v) is 8.60. The molecule has 0 radical (unpaired) electrons. The van der Waals surface area contributed by atoms with E-state index in [2.05, 4.69) is 22.4 Å². The summed E-state index contributed by atoms with van der Waals surface area (Å²) in [5.41, 5.74) is 6.25. The van der Waals surface area contributed by atoms with Crippen LogP contribution in [0.5, 0.6) is 0 Å². The first-order valence-electron chi connectivity index (χ1n) is 9.74. The number of ether oxygens (including phenoxy) is 1. The Balaban J connectivity index is 1.48. The van der Waals surface area contributed by atoms with Crippen LogP contribution in [0.4, 0.5) is 5.00 Å². The lowest BCUT2D eigenvalue weighted by Crippen LogP contribution is -2.24. The second-order valence-electron chi connectivity index (χ2n) is 7.49. The van der Waals surface area contributed by atoms with Gasteiger partial charge < -0.3 is 15.8 Å². The van der Waals surface area contributed by atoms with Gasteiger partial charge >= 0.3 is 5.97 Å². The number of anilines is 1. The minimum absolute atomic E-state index is 0.0959. The summed E-state index contributed by atoms with van der Waals surface area (Å²) in [6.45, 7) is 1.56. The van der Waals surface area contributed by atoms with Crippen LogP contribution < -0.4 is 16.6 Å². The molecule has 0 spiro atoms. The third-order valence-corrected chi connectivity index (χ3v) is 6.40. The first-order valence-corrected chi connectivity index (χ1v) is 10.6. The monoisotopic (exact) mass is 440 g/mol. The van der Waals surface area contributed by atoms with Gasteiger partial charge in [0.05, 0.1) is 10.9 Å². The Bertz CT molecular complexity index is 1260. The highest BCUT2D eigenvalue weighted by Gasteiger charge is 2.27. The fourth-order valence-corrected chi connectivity index (χ4v) is 5.16. The number of hydrogen-bond donors (Lipinski definition) is 3. The quantitative estimate of drug-likeness (QED) is 0.518. The number of rotatable bonds is 5. The van der Waals surface area contributed by atoms with Gasteiger partial charge in [-0.25, -0.2) is 9.89 Å². The van der Waals surface area contributed by atoms with Crippen LogP contribution >= 0.6 is 11.3 Å². The fourth-order valence-electron chi connectivity index (χ4n) is 3.73. The van der Waals surface area contributed by atoms with Crippen molar-refractivity contribution in [2.45, 2.75) is 26.2 Å². The molecule has 2 heterocycles. The molecule has 1 unspecified atom stereocenters. The lowest BCUT2D eigenvalue weighted by molar-refractivity contribution is -0.119. The molecule has 10 heteroatoms. The van der Waals surface area contributed by atoms with Crippen molar-refractivity contribution in [1.82, 2.24) is 10.2 Å². The number of carbonyl (C=O) groups is 3. The molecular formula is C21H20N4O5S. The molecule has 1 aromatic carbocycles. The maximum Gasteiger partial charge on any atom is 0.359 e. The number of esters is 1. The molecular weight excluding hydrogens is 420 g/mol. The molecule has 9 nitrogen and oxygen atoms in total. The van der Waals surface area contributed by atoms with Crippen molar-refractivity contribution in [3.63, 3.8) is 0 Å². The van der Waals surface area contributed by atoms with E-state index in [1.54, 1.807) is 24.3 Å². The summed E-state index contributed by atoms with van der Waals surface area (Å²) in [5.74, 6) is -1.55. The number of fused-ring (bicyclic) bond motifs is 2. The minimum atomic E-state index is -0.850. The minimum Gasteiger partial charge on any atom is -0.451 e. The molecule has 0 aliphatic heterocycles. The smallest absolute Gasteiger partial charge is 0.359 e. The highest BCUT2D eigenvalue weighted by Crippen LogP contribution is 2.39. The number of primary amides is 1. The molecule has 160 valence electrons. The summed E-state index contributed by atoms with van der Waals surface area (Å²) in [6, 6.07) is 6.46. The number of aromatic amines is 1. The maximum absolute atomic E-state index is 12.4. The number of hydrogen-bond acceptors (Lipinski definition) is 7. The third kappa shape index (κ3) is 4.06. The molecule has 3 aromatic rings. The third-order valence-electron chi connectivity index (χ3n) is 5.23. The van der Waals surface area contributed by atoms with Gasteiger partial charge in [-0.2, -0.15) is 5.10 Å². The van der Waals surface area contributed by atoms with Crippen molar-refractivity contribution in [2.24, 2.45) is 11.7 Å². The number of nitrogens with two attached hydrogens (primary N) is 1. The van der Waals surface area contributed by atoms with E-state index in [-0.39, 0.29) is 5.69 Å². The Labute approximate surface area is 180 Å². The topological polar surface area (TPSA) is 144 Å². The van der Waals surface area contributed by atoms with Crippen LogP contribution in [0, 0.1) is 5.92 Å². The van der Waals surface area contributed by atoms with Gasteiger partial charge in [0.2, 0.25) is 0 Å². The molecule has 4 rings (SSSR count). The first-order chi connectivity index (χ1) is 14.8. The Morgan fingerprint density at radius 2 is 2.03 bits per heavy atom. The molecule has 2 amide bonds. The van der Waals surface area contributed by atoms with Gasteiger partial charge in [0.15, 0.2) is 12.3 Å². The predicted molar refractivity (Wildman–Crippen MR) is 115 cm³/mol. The number of amides is 2. The summed E-state index contributed by atoms with van der Waals surface area (Å²) in [5, 5.41) is 9.63. The molecule has 1 atom stereocenters. The van der Waals surface area contributed by atoms with Crippen molar-refractivity contribution in [3.05, 3.63) is 56.3 Å². The summed E-state index contributed by atoms with van der Waals surface area (Å²) < 4.78 is 5.08. The molecule has 1 aliphatic rings. The Morgan fingerprint density at radius 1 is 1.29 bits per heavy atom. The highest BCUT2D eigenvalue weighted by atomic mass is 32.1. The van der Waals surface area contributed by atoms with Crippen LogP contribution in [0.1, 0.15) is 44.6 Å². The van der Waals surface area contributed by atoms with Crippen LogP contribution in [0.15, 0.2) is 29.1 Å². The van der Waals surface area contributed by atoms with Crippen molar-refractivity contribution in [2.75, 3.05) is 11.9 Å². The van der Waals surface area contributed by atoms with Crippen LogP contribution in [0.3, 0.4) is 0 Å². The normalized spacial score (nSPS) is 15.3. The van der Waals surface area contributed by atoms with Crippen LogP contribution in [-0.4, -0.2) is 34.6 Å². The van der Waals surface area contributed by atoms with Gasteiger partial charge in [-0.3, -0.25) is 14.4 Å². The van der Waals surface area contributed by atoms with Gasteiger partial charge in [-0.05, 0) is 36.8 Å². The Kier molecular flexibility index (Phi) is 5.55. The fraction of sp³-hybridized carbons (Fsp3) is 0.286. The van der Waals surface area contributed by atoms with Crippen molar-refractivity contribution < 1.29 is 19.1 Å². The number of nitrogens with one attached hydrogen (secondary N) is 2. The van der Waals surface area contributed by atoms with Crippen LogP contribution in [0.25, 0.3) is 10.8 Å². The lowest BCUT2D eigenvalue weighted by Gasteiger charge is -2.18. The molecule has 31 heavy (non-hydrogen) atoms. The number of nitrogens with zero attached hydrogens (tertiary/aromatic N) is 1. The molecule has 0 bridgehead atoms. The summed E-state index contributed by atoms with van der Waals surface area (Å²) >= 11 is 1.33. The molecule has 0 saturated carbocycles. The Hall–Kier alpha value is -3.53. The van der Waals surface area contributed by atoms with E-state index in [1.807, 2.05) is 0 Å². The largest absolute Gasteiger partial charge is 0.451 e. The molecule has 1 aliphatic carbocycles. The molecule has 0 saturated heterocycles. The number of carbonyl (C=O) groups excluding carboxylic acids is 3. The van der Waals surface area contributed by atoms with E-state index >= 15 is 0 Å². The van der Waals surface area contributed by atoms with Gasteiger partial charge in [0.25, 0.3) is 17.4 Å². The van der Waals surface area contributed by atoms with E-state index in [0.717, 1.165) is 29.7 Å². The average molecular weight is 440 g/mol. The van der Waals surface area contributed by atoms with Crippen LogP contribution in [-0.2, 0) is 22.4 Å². The van der Waals surface area contributed by atoms with Gasteiger partial charge in [-0.15, -0.1) is 11.3 Å². The zero-order valence-corrected chi connectivity index (χ0v) is 17.5. The number of thiophene rings is 1. The van der Waals surface area contributed by atoms with Crippen molar-refractivity contribution in [3.8, 4) is 0 Å². The summed E-state index contributed by atoms with van der Waals surface area (Å²) in [6.07, 6.45) is 2.52. The molecule has 0 fully saturated rings. The van der Waals surface area contributed by atoms with E-state index in [0.29, 0.717) is 27.3 Å². The second kappa shape index (κ2) is 8.31. The summed E-state index contributed by atoms with van der Waals surface area (Å²) in [4.78, 5) is 49.7. The standard InChI is InChI=1S/C21H20N4O5S/c1-10-6-7-13-14(8-10)31-20(16(13)18(22)27)23-15(26)9-30-21(29)17-11-4-2-3-5-12(11)19(28)25-24-17/h2-5,10H,6-9H2,1H3,(H2,22,27)(H,23,26)(H,25,28). The van der Waals surface area contributed by atoms with Crippen molar-refractivity contribution in [1.29, 1.82) is 0 Å². The number of aromatic nitrogens is 2. The van der Waals surface area contributed by atoms with Gasteiger partial charge in [0, 0.05) is 10.3 Å². The van der Waals surface area contributed by atoms with E-state index in [1.165, 1.54) is 11.3 Å². The van der Waals surface area contributed by atoms with E-state index in [4.69, 9.17) is 10.5 Å². The van der Waals surface area contributed by atoms with E-state index < -0.39 is 29.9 Å². The zero-order chi connectivity index (χ0) is 22.1. The van der Waals surface area contributed by atoms with Crippen molar-refractivity contribution >= 4 is 44.9 Å². The lowest BCUT2D eigenvalue weighted by atomic mass is 9.88. The number of H-pyrrole nitrogens is 1. The maximum atomic E-state index is 12.4. The van der Waals surface area contributed by atoms with E-state index in [9.17, 15) is 19.2 Å². The molecule has 4 N–H and O–H groups in total. The first kappa shape index (κ1) is 20.7. The highest BCUT2D eigenvalue weighted by molar-refractivity contribution is 7.17. The predicted octanol–water partition coefficient (Wildman–Crippen LogP) is 2.00.